The van der Waals surface area contributed by atoms with Gasteiger partial charge in [0.25, 0.3) is 0 Å². The average molecular weight is 603 g/mol. The van der Waals surface area contributed by atoms with E-state index in [0.717, 1.165) is 0 Å². The summed E-state index contributed by atoms with van der Waals surface area (Å²) in [5.41, 5.74) is 1.28. The predicted molar refractivity (Wildman–Crippen MR) is 149 cm³/mol. The monoisotopic (exact) mass is 600 g/mol. The smallest absolute Gasteiger partial charge is 0.323 e. The molecule has 4 aromatic carbocycles. The number of phenols is 1. The summed E-state index contributed by atoms with van der Waals surface area (Å²) in [7, 11) is 0. The largest absolute Gasteiger partial charge is 0.504 e. The fourth-order valence-electron chi connectivity index (χ4n) is 3.25. The van der Waals surface area contributed by atoms with Gasteiger partial charge in [0.05, 0.1) is 25.8 Å². The molecule has 5 nitrogen and oxygen atoms in total. The third kappa shape index (κ3) is 6.06. The van der Waals surface area contributed by atoms with Gasteiger partial charge in [-0.05, 0) is 66.7 Å². The molecule has 2 amide bonds. The topological polar surface area (TPSA) is 70.6 Å². The Kier molecular flexibility index (Phi) is 8.30. The second kappa shape index (κ2) is 11.3. The molecular weight excluding hydrogens is 589 g/mol. The number of anilines is 2. The Morgan fingerprint density at radius 3 is 2.06 bits per heavy atom. The summed E-state index contributed by atoms with van der Waals surface area (Å²) >= 11 is 36.8. The summed E-state index contributed by atoms with van der Waals surface area (Å²) in [6.07, 6.45) is 0. The Bertz CT molecular complexity index is 1480. The molecule has 184 valence electrons. The van der Waals surface area contributed by atoms with E-state index >= 15 is 0 Å². The van der Waals surface area contributed by atoms with E-state index in [4.69, 9.17) is 74.3 Å². The minimum absolute atomic E-state index is 0.0739. The molecule has 4 rings (SSSR count). The summed E-state index contributed by atoms with van der Waals surface area (Å²) in [6.45, 7) is 0. The number of aromatic hydroxyl groups is 1. The molecule has 0 saturated carbocycles. The van der Waals surface area contributed by atoms with Crippen LogP contribution in [0.25, 0.3) is 11.1 Å². The van der Waals surface area contributed by atoms with Crippen molar-refractivity contribution >= 4 is 87.0 Å². The molecule has 0 aliphatic carbocycles. The molecule has 0 fully saturated rings. The van der Waals surface area contributed by atoms with Gasteiger partial charge in [0.2, 0.25) is 0 Å². The summed E-state index contributed by atoms with van der Waals surface area (Å²) < 4.78 is 5.81. The van der Waals surface area contributed by atoms with Gasteiger partial charge < -0.3 is 20.5 Å². The SMILES string of the molecule is O=C(Nc1ccc(Cl)c(Cl)c1)Nc1ccc(Cl)cc1-c1c(Cl)ccc(Oc2ccc(Cl)cc2Cl)c1O. The lowest BCUT2D eigenvalue weighted by molar-refractivity contribution is 0.262. The van der Waals surface area contributed by atoms with Gasteiger partial charge in [0.15, 0.2) is 11.5 Å². The van der Waals surface area contributed by atoms with Crippen LogP contribution in [0.15, 0.2) is 66.7 Å². The van der Waals surface area contributed by atoms with Gasteiger partial charge in [-0.2, -0.15) is 0 Å². The summed E-state index contributed by atoms with van der Waals surface area (Å²) in [6, 6.07) is 16.5. The van der Waals surface area contributed by atoms with Crippen molar-refractivity contribution in [2.45, 2.75) is 0 Å². The van der Waals surface area contributed by atoms with Gasteiger partial charge in [-0.1, -0.05) is 69.6 Å². The van der Waals surface area contributed by atoms with Crippen LogP contribution >= 0.6 is 69.6 Å². The molecule has 0 atom stereocenters. The van der Waals surface area contributed by atoms with Crippen molar-refractivity contribution < 1.29 is 14.6 Å². The first-order valence-corrected chi connectivity index (χ1v) is 12.4. The number of rotatable bonds is 5. The summed E-state index contributed by atoms with van der Waals surface area (Å²) in [5.74, 6) is 0.0589. The minimum Gasteiger partial charge on any atom is -0.504 e. The Labute approximate surface area is 236 Å². The molecule has 0 unspecified atom stereocenters. The third-order valence-electron chi connectivity index (χ3n) is 4.88. The van der Waals surface area contributed by atoms with Crippen molar-refractivity contribution in [2.24, 2.45) is 0 Å². The van der Waals surface area contributed by atoms with Crippen LogP contribution in [0.1, 0.15) is 0 Å². The number of carbonyl (C=O) groups excluding carboxylic acids is 1. The second-order valence-electron chi connectivity index (χ2n) is 7.34. The Morgan fingerprint density at radius 1 is 0.667 bits per heavy atom. The Morgan fingerprint density at radius 2 is 1.33 bits per heavy atom. The van der Waals surface area contributed by atoms with Crippen molar-refractivity contribution in [2.75, 3.05) is 10.6 Å². The van der Waals surface area contributed by atoms with Crippen molar-refractivity contribution in [1.82, 2.24) is 0 Å². The number of amides is 2. The molecule has 4 aromatic rings. The van der Waals surface area contributed by atoms with Crippen LogP contribution in [-0.2, 0) is 0 Å². The molecule has 36 heavy (non-hydrogen) atoms. The van der Waals surface area contributed by atoms with Gasteiger partial charge in [0, 0.05) is 26.9 Å². The van der Waals surface area contributed by atoms with Gasteiger partial charge in [-0.15, -0.1) is 0 Å². The second-order valence-corrected chi connectivity index (χ2v) is 9.85. The van der Waals surface area contributed by atoms with Crippen LogP contribution in [0.3, 0.4) is 0 Å². The first-order chi connectivity index (χ1) is 17.1. The standard InChI is InChI=1S/C25H14Cl6N2O3/c26-12-1-6-20(33-25(35)32-14-3-4-16(28)18(30)11-14)15(9-12)23-17(29)5-8-22(24(23)34)36-21-7-2-13(27)10-19(21)31/h1-11,34H,(H2,32,33,35). The van der Waals surface area contributed by atoms with E-state index in [9.17, 15) is 9.90 Å². The lowest BCUT2D eigenvalue weighted by Crippen LogP contribution is -2.19. The van der Waals surface area contributed by atoms with Crippen LogP contribution in [0.5, 0.6) is 17.2 Å². The number of hydrogen-bond acceptors (Lipinski definition) is 3. The highest BCUT2D eigenvalue weighted by molar-refractivity contribution is 6.42. The Hall–Kier alpha value is -2.51. The van der Waals surface area contributed by atoms with Gasteiger partial charge in [0.1, 0.15) is 5.75 Å². The molecule has 0 aliphatic heterocycles. The number of phenolic OH excluding ortho intramolecular Hbond substituents is 1. The fourth-order valence-corrected chi connectivity index (χ4v) is 4.42. The van der Waals surface area contributed by atoms with E-state index in [1.54, 1.807) is 42.5 Å². The molecule has 0 saturated heterocycles. The fraction of sp³-hybridized carbons (Fsp3) is 0. The van der Waals surface area contributed by atoms with Crippen molar-refractivity contribution in [1.29, 1.82) is 0 Å². The zero-order valence-corrected chi connectivity index (χ0v) is 22.4. The van der Waals surface area contributed by atoms with Crippen molar-refractivity contribution in [3.63, 3.8) is 0 Å². The molecule has 11 heteroatoms. The highest BCUT2D eigenvalue weighted by Crippen LogP contribution is 2.47. The van der Waals surface area contributed by atoms with E-state index in [1.165, 1.54) is 24.3 Å². The highest BCUT2D eigenvalue weighted by atomic mass is 35.5. The Balaban J connectivity index is 1.68. The lowest BCUT2D eigenvalue weighted by atomic mass is 10.0. The van der Waals surface area contributed by atoms with E-state index in [-0.39, 0.29) is 37.9 Å². The number of nitrogens with one attached hydrogen (secondary N) is 2. The van der Waals surface area contributed by atoms with Crippen LogP contribution in [0.4, 0.5) is 16.2 Å². The van der Waals surface area contributed by atoms with E-state index in [0.29, 0.717) is 32.0 Å². The first-order valence-electron chi connectivity index (χ1n) is 10.1. The maximum Gasteiger partial charge on any atom is 0.323 e. The number of carbonyl (C=O) groups is 1. The van der Waals surface area contributed by atoms with Crippen LogP contribution < -0.4 is 15.4 Å². The van der Waals surface area contributed by atoms with Crippen LogP contribution in [0.2, 0.25) is 30.1 Å². The number of hydrogen-bond donors (Lipinski definition) is 3. The molecule has 0 heterocycles. The molecule has 0 radical (unpaired) electrons. The summed E-state index contributed by atoms with van der Waals surface area (Å²) in [5, 5.41) is 18.4. The minimum atomic E-state index is -0.576. The predicted octanol–water partition coefficient (Wildman–Crippen LogP) is 10.4. The molecule has 0 aliphatic rings. The van der Waals surface area contributed by atoms with Gasteiger partial charge in [-0.3, -0.25) is 0 Å². The first kappa shape index (κ1) is 26.6. The maximum absolute atomic E-state index is 12.7. The van der Waals surface area contributed by atoms with E-state index < -0.39 is 6.03 Å². The highest BCUT2D eigenvalue weighted by Gasteiger charge is 2.20. The molecule has 3 N–H and O–H groups in total. The van der Waals surface area contributed by atoms with Gasteiger partial charge in [-0.25, -0.2) is 4.79 Å². The maximum atomic E-state index is 12.7. The zero-order valence-electron chi connectivity index (χ0n) is 17.9. The quantitative estimate of drug-likeness (QED) is 0.213. The number of urea groups is 1. The molecular formula is C25H14Cl6N2O3. The van der Waals surface area contributed by atoms with Crippen molar-refractivity contribution in [3.8, 4) is 28.4 Å². The van der Waals surface area contributed by atoms with E-state index in [1.807, 2.05) is 0 Å². The van der Waals surface area contributed by atoms with Crippen LogP contribution in [0, 0.1) is 0 Å². The van der Waals surface area contributed by atoms with Gasteiger partial charge >= 0.3 is 6.03 Å². The lowest BCUT2D eigenvalue weighted by Gasteiger charge is -2.17. The number of ether oxygens (including phenoxy) is 1. The zero-order chi connectivity index (χ0) is 26.0. The number of benzene rings is 4. The molecule has 0 aromatic heterocycles. The molecule has 0 spiro atoms. The third-order valence-corrected chi connectivity index (χ3v) is 6.70. The van der Waals surface area contributed by atoms with E-state index in [2.05, 4.69) is 10.6 Å². The number of halogens is 6. The molecule has 0 bridgehead atoms. The van der Waals surface area contributed by atoms with Crippen LogP contribution in [-0.4, -0.2) is 11.1 Å². The average Bonchev–Trinajstić information content (AvgIpc) is 2.81. The summed E-state index contributed by atoms with van der Waals surface area (Å²) in [4.78, 5) is 12.7. The normalized spacial score (nSPS) is 10.7. The van der Waals surface area contributed by atoms with Crippen molar-refractivity contribution in [3.05, 3.63) is 96.9 Å².